The molecule has 3 heteroatoms. The molecule has 0 fully saturated rings. The maximum atomic E-state index is 8.23. The van der Waals surface area contributed by atoms with E-state index in [1.807, 2.05) is 0 Å². The molecular formula is C3H7ClNaO+. The van der Waals surface area contributed by atoms with E-state index in [1.165, 1.54) is 0 Å². The molecule has 0 aliphatic rings. The second-order valence-corrected chi connectivity index (χ2v) is 1.31. The Morgan fingerprint density at radius 2 is 2.00 bits per heavy atom. The number of aliphatic hydroxyl groups excluding tert-OH is 1. The van der Waals surface area contributed by atoms with Gasteiger partial charge in [0.15, 0.2) is 0 Å². The van der Waals surface area contributed by atoms with Crippen LogP contribution in [-0.2, 0) is 0 Å². The maximum Gasteiger partial charge on any atom is 1.00 e. The van der Waals surface area contributed by atoms with E-state index in [-0.39, 0.29) is 35.7 Å². The van der Waals surface area contributed by atoms with Crippen molar-refractivity contribution in [1.82, 2.24) is 0 Å². The SMILES string of the molecule is CC(O)CCl.[Na+]. The number of rotatable bonds is 1. The summed E-state index contributed by atoms with van der Waals surface area (Å²) >= 11 is 5.09. The van der Waals surface area contributed by atoms with Crippen molar-refractivity contribution in [1.29, 1.82) is 0 Å². The van der Waals surface area contributed by atoms with Gasteiger partial charge in [0.2, 0.25) is 0 Å². The van der Waals surface area contributed by atoms with Crippen molar-refractivity contribution < 1.29 is 34.7 Å². The number of alkyl halides is 1. The van der Waals surface area contributed by atoms with Gasteiger partial charge < -0.3 is 5.11 Å². The molecule has 0 aliphatic heterocycles. The van der Waals surface area contributed by atoms with Gasteiger partial charge in [0.25, 0.3) is 0 Å². The van der Waals surface area contributed by atoms with Crippen LogP contribution in [0.2, 0.25) is 0 Å². The largest absolute Gasteiger partial charge is 1.00 e. The van der Waals surface area contributed by atoms with Crippen LogP contribution in [0.1, 0.15) is 6.92 Å². The molecule has 32 valence electrons. The van der Waals surface area contributed by atoms with Crippen molar-refractivity contribution in [3.05, 3.63) is 0 Å². The predicted octanol–water partition coefficient (Wildman–Crippen LogP) is -2.39. The fourth-order valence-electron chi connectivity index (χ4n) is 0. The van der Waals surface area contributed by atoms with E-state index >= 15 is 0 Å². The summed E-state index contributed by atoms with van der Waals surface area (Å²) in [6, 6.07) is 0. The summed E-state index contributed by atoms with van der Waals surface area (Å²) in [5, 5.41) is 8.23. The number of aliphatic hydroxyl groups is 1. The van der Waals surface area contributed by atoms with Gasteiger partial charge in [-0.1, -0.05) is 0 Å². The van der Waals surface area contributed by atoms with Gasteiger partial charge in [-0.15, -0.1) is 11.6 Å². The zero-order valence-corrected chi connectivity index (χ0v) is 6.87. The first-order chi connectivity index (χ1) is 2.27. The monoisotopic (exact) mass is 117 g/mol. The van der Waals surface area contributed by atoms with Crippen LogP contribution >= 0.6 is 11.6 Å². The quantitative estimate of drug-likeness (QED) is 0.300. The number of hydrogen-bond acceptors (Lipinski definition) is 1. The second kappa shape index (κ2) is 6.25. The van der Waals surface area contributed by atoms with Crippen molar-refractivity contribution in [3.63, 3.8) is 0 Å². The predicted molar refractivity (Wildman–Crippen MR) is 22.4 cm³/mol. The normalized spacial score (nSPS) is 12.5. The van der Waals surface area contributed by atoms with Crippen molar-refractivity contribution in [2.24, 2.45) is 0 Å². The third kappa shape index (κ3) is 8.98. The summed E-state index contributed by atoms with van der Waals surface area (Å²) in [5.74, 6) is 0.333. The van der Waals surface area contributed by atoms with Crippen molar-refractivity contribution in [2.75, 3.05) is 5.88 Å². The van der Waals surface area contributed by atoms with Gasteiger partial charge in [-0.25, -0.2) is 0 Å². The van der Waals surface area contributed by atoms with Crippen LogP contribution in [0.25, 0.3) is 0 Å². The molecule has 0 rings (SSSR count). The third-order valence-electron chi connectivity index (χ3n) is 0.223. The first-order valence-corrected chi connectivity index (χ1v) is 2.05. The smallest absolute Gasteiger partial charge is 0.392 e. The van der Waals surface area contributed by atoms with E-state index in [4.69, 9.17) is 16.7 Å². The molecule has 1 N–H and O–H groups in total. The van der Waals surface area contributed by atoms with E-state index < -0.39 is 0 Å². The Kier molecular flexibility index (Phi) is 10.7. The summed E-state index contributed by atoms with van der Waals surface area (Å²) in [4.78, 5) is 0. The molecule has 0 aliphatic carbocycles. The van der Waals surface area contributed by atoms with Gasteiger partial charge in [0.1, 0.15) is 0 Å². The standard InChI is InChI=1S/C3H7ClO.Na/c1-3(5)2-4;/h3,5H,2H2,1H3;/q;+1. The van der Waals surface area contributed by atoms with E-state index in [0.717, 1.165) is 0 Å². The summed E-state index contributed by atoms with van der Waals surface area (Å²) in [7, 11) is 0. The maximum absolute atomic E-state index is 8.23. The molecule has 0 aromatic carbocycles. The zero-order valence-electron chi connectivity index (χ0n) is 4.11. The molecule has 0 aromatic rings. The molecule has 0 saturated heterocycles. The third-order valence-corrected chi connectivity index (χ3v) is 0.670. The molecule has 6 heavy (non-hydrogen) atoms. The van der Waals surface area contributed by atoms with Gasteiger partial charge in [-0.3, -0.25) is 0 Å². The van der Waals surface area contributed by atoms with E-state index in [0.29, 0.717) is 5.88 Å². The molecule has 1 atom stereocenters. The molecule has 0 heterocycles. The Bertz CT molecular complexity index is 24.8. The van der Waals surface area contributed by atoms with E-state index in [9.17, 15) is 0 Å². The Balaban J connectivity index is 0. The fraction of sp³-hybridized carbons (Fsp3) is 1.00. The molecular weight excluding hydrogens is 110 g/mol. The number of hydrogen-bond donors (Lipinski definition) is 1. The summed E-state index contributed by atoms with van der Waals surface area (Å²) in [6.45, 7) is 1.65. The van der Waals surface area contributed by atoms with E-state index in [1.54, 1.807) is 6.92 Å². The Morgan fingerprint density at radius 3 is 2.00 bits per heavy atom. The average molecular weight is 118 g/mol. The Morgan fingerprint density at radius 1 is 1.83 bits per heavy atom. The second-order valence-electron chi connectivity index (χ2n) is 1.00. The first-order valence-electron chi connectivity index (χ1n) is 1.51. The molecule has 0 bridgehead atoms. The van der Waals surface area contributed by atoms with Crippen LogP contribution in [0.15, 0.2) is 0 Å². The van der Waals surface area contributed by atoms with E-state index in [2.05, 4.69) is 0 Å². The summed E-state index contributed by atoms with van der Waals surface area (Å²) in [6.07, 6.45) is -0.350. The molecule has 1 nitrogen and oxygen atoms in total. The molecule has 0 amide bonds. The van der Waals surface area contributed by atoms with Crippen LogP contribution in [0.3, 0.4) is 0 Å². The van der Waals surface area contributed by atoms with Crippen molar-refractivity contribution in [3.8, 4) is 0 Å². The van der Waals surface area contributed by atoms with Crippen LogP contribution in [0.4, 0.5) is 0 Å². The topological polar surface area (TPSA) is 20.2 Å². The molecule has 0 radical (unpaired) electrons. The van der Waals surface area contributed by atoms with Gasteiger partial charge >= 0.3 is 29.6 Å². The zero-order chi connectivity index (χ0) is 4.28. The van der Waals surface area contributed by atoms with Gasteiger partial charge in [-0.05, 0) is 6.92 Å². The summed E-state index contributed by atoms with van der Waals surface area (Å²) < 4.78 is 0. The van der Waals surface area contributed by atoms with Gasteiger partial charge in [0, 0.05) is 5.88 Å². The minimum atomic E-state index is -0.350. The molecule has 0 spiro atoms. The molecule has 0 aromatic heterocycles. The van der Waals surface area contributed by atoms with Crippen LogP contribution in [-0.4, -0.2) is 17.1 Å². The van der Waals surface area contributed by atoms with Crippen LogP contribution in [0.5, 0.6) is 0 Å². The molecule has 0 saturated carbocycles. The Hall–Kier alpha value is 1.25. The van der Waals surface area contributed by atoms with Crippen LogP contribution in [0, 0.1) is 0 Å². The van der Waals surface area contributed by atoms with Gasteiger partial charge in [0.05, 0.1) is 6.10 Å². The number of halogens is 1. The minimum absolute atomic E-state index is 0. The van der Waals surface area contributed by atoms with Gasteiger partial charge in [-0.2, -0.15) is 0 Å². The Labute approximate surface area is 65.0 Å². The fourth-order valence-corrected chi connectivity index (χ4v) is 0. The van der Waals surface area contributed by atoms with Crippen LogP contribution < -0.4 is 29.6 Å². The summed E-state index contributed by atoms with van der Waals surface area (Å²) in [5.41, 5.74) is 0. The molecule has 1 unspecified atom stereocenters. The first kappa shape index (κ1) is 10.3. The minimum Gasteiger partial charge on any atom is -0.392 e. The average Bonchev–Trinajstić information content (AvgIpc) is 1.38. The van der Waals surface area contributed by atoms with Crippen molar-refractivity contribution >= 4 is 11.6 Å². The van der Waals surface area contributed by atoms with Crippen molar-refractivity contribution in [2.45, 2.75) is 13.0 Å².